The third-order valence-electron chi connectivity index (χ3n) is 2.10. The van der Waals surface area contributed by atoms with Gasteiger partial charge < -0.3 is 9.57 Å². The maximum atomic E-state index is 11.8. The summed E-state index contributed by atoms with van der Waals surface area (Å²) in [4.78, 5) is 16.3. The molecule has 6 heteroatoms. The number of rotatable bonds is 4. The predicted octanol–water partition coefficient (Wildman–Crippen LogP) is 1.74. The largest absolute Gasteiger partial charge is 0.457 e. The van der Waals surface area contributed by atoms with Gasteiger partial charge in [0.2, 0.25) is 5.60 Å². The van der Waals surface area contributed by atoms with Crippen LogP contribution in [0.5, 0.6) is 0 Å². The summed E-state index contributed by atoms with van der Waals surface area (Å²) in [5.41, 5.74) is -0.508. The fraction of sp³-hybridized carbons (Fsp3) is 0.778. The van der Waals surface area contributed by atoms with Gasteiger partial charge in [0.1, 0.15) is 0 Å². The summed E-state index contributed by atoms with van der Waals surface area (Å²) in [5.74, 6) is -0.796. The lowest BCUT2D eigenvalue weighted by Crippen LogP contribution is -2.38. The SMILES string of the molecule is CCC1=NOC(C)(C(=O)OCC(F)F)C1. The van der Waals surface area contributed by atoms with Crippen molar-refractivity contribution in [3.05, 3.63) is 0 Å². The van der Waals surface area contributed by atoms with Gasteiger partial charge in [-0.3, -0.25) is 0 Å². The molecule has 0 aromatic rings. The minimum absolute atomic E-state index is 0.297. The van der Waals surface area contributed by atoms with E-state index in [0.29, 0.717) is 12.8 Å². The molecule has 0 bridgehead atoms. The van der Waals surface area contributed by atoms with Crippen molar-refractivity contribution in [3.63, 3.8) is 0 Å². The fourth-order valence-electron chi connectivity index (χ4n) is 1.21. The molecule has 1 aliphatic heterocycles. The molecule has 1 atom stereocenters. The Kier molecular flexibility index (Phi) is 3.60. The second-order valence-corrected chi connectivity index (χ2v) is 3.50. The molecule has 0 aliphatic carbocycles. The van der Waals surface area contributed by atoms with Gasteiger partial charge in [-0.15, -0.1) is 0 Å². The van der Waals surface area contributed by atoms with Crippen LogP contribution in [0.15, 0.2) is 5.16 Å². The van der Waals surface area contributed by atoms with Crippen molar-refractivity contribution in [1.29, 1.82) is 0 Å². The van der Waals surface area contributed by atoms with Crippen LogP contribution in [0.25, 0.3) is 0 Å². The van der Waals surface area contributed by atoms with E-state index in [4.69, 9.17) is 4.84 Å². The Balaban J connectivity index is 2.47. The second kappa shape index (κ2) is 4.55. The molecule has 1 aliphatic rings. The summed E-state index contributed by atoms with van der Waals surface area (Å²) in [6.45, 7) is 2.45. The Morgan fingerprint density at radius 2 is 2.40 bits per heavy atom. The van der Waals surface area contributed by atoms with Gasteiger partial charge in [0.15, 0.2) is 6.61 Å². The zero-order chi connectivity index (χ0) is 11.5. The van der Waals surface area contributed by atoms with Gasteiger partial charge in [-0.2, -0.15) is 0 Å². The van der Waals surface area contributed by atoms with E-state index in [1.165, 1.54) is 6.92 Å². The molecule has 0 N–H and O–H groups in total. The minimum Gasteiger partial charge on any atom is -0.457 e. The van der Waals surface area contributed by atoms with Crippen LogP contribution < -0.4 is 0 Å². The highest BCUT2D eigenvalue weighted by Crippen LogP contribution is 2.26. The van der Waals surface area contributed by atoms with Crippen LogP contribution in [0.4, 0.5) is 8.78 Å². The Labute approximate surface area is 86.2 Å². The van der Waals surface area contributed by atoms with Crippen LogP contribution in [-0.4, -0.2) is 30.3 Å². The number of carbonyl (C=O) groups excluding carboxylic acids is 1. The minimum atomic E-state index is -2.66. The van der Waals surface area contributed by atoms with Crippen LogP contribution in [0, 0.1) is 0 Å². The molecule has 15 heavy (non-hydrogen) atoms. The van der Waals surface area contributed by atoms with Crippen LogP contribution in [0.2, 0.25) is 0 Å². The first-order chi connectivity index (χ1) is 6.98. The number of oxime groups is 1. The highest BCUT2D eigenvalue weighted by Gasteiger charge is 2.43. The van der Waals surface area contributed by atoms with E-state index in [1.54, 1.807) is 0 Å². The number of carbonyl (C=O) groups is 1. The van der Waals surface area contributed by atoms with Crippen LogP contribution in [0.1, 0.15) is 26.7 Å². The lowest BCUT2D eigenvalue weighted by molar-refractivity contribution is -0.171. The molecule has 1 rings (SSSR count). The Bertz CT molecular complexity index is 281. The smallest absolute Gasteiger partial charge is 0.353 e. The molecule has 0 fully saturated rings. The van der Waals surface area contributed by atoms with Gasteiger partial charge in [0.25, 0.3) is 6.43 Å². The van der Waals surface area contributed by atoms with E-state index in [1.807, 2.05) is 6.92 Å². The number of alkyl halides is 2. The zero-order valence-corrected chi connectivity index (χ0v) is 8.63. The molecule has 1 unspecified atom stereocenters. The monoisotopic (exact) mass is 221 g/mol. The highest BCUT2D eigenvalue weighted by molar-refractivity contribution is 5.93. The fourth-order valence-corrected chi connectivity index (χ4v) is 1.21. The molecule has 4 nitrogen and oxygen atoms in total. The molecule has 0 spiro atoms. The molecule has 0 radical (unpaired) electrons. The van der Waals surface area contributed by atoms with E-state index >= 15 is 0 Å². The topological polar surface area (TPSA) is 47.9 Å². The standard InChI is InChI=1S/C9H13F2NO3/c1-3-6-4-9(2,15-12-6)8(13)14-5-7(10)11/h7H,3-5H2,1-2H3. The van der Waals surface area contributed by atoms with Crippen LogP contribution >= 0.6 is 0 Å². The van der Waals surface area contributed by atoms with E-state index < -0.39 is 24.6 Å². The number of ether oxygens (including phenoxy) is 1. The average molecular weight is 221 g/mol. The molecule has 86 valence electrons. The lowest BCUT2D eigenvalue weighted by atomic mass is 9.99. The number of hydrogen-bond donors (Lipinski definition) is 0. The molecule has 1 heterocycles. The summed E-state index contributed by atoms with van der Waals surface area (Å²) in [7, 11) is 0. The summed E-state index contributed by atoms with van der Waals surface area (Å²) >= 11 is 0. The molecule has 0 saturated heterocycles. The van der Waals surface area contributed by atoms with Crippen molar-refractivity contribution in [2.24, 2.45) is 5.16 Å². The molecule has 0 saturated carbocycles. The van der Waals surface area contributed by atoms with Gasteiger partial charge in [0.05, 0.1) is 5.71 Å². The van der Waals surface area contributed by atoms with Crippen molar-refractivity contribution in [2.75, 3.05) is 6.61 Å². The number of nitrogens with zero attached hydrogens (tertiary/aromatic N) is 1. The number of esters is 1. The van der Waals surface area contributed by atoms with E-state index in [9.17, 15) is 13.6 Å². The third kappa shape index (κ3) is 2.87. The van der Waals surface area contributed by atoms with Crippen molar-refractivity contribution in [1.82, 2.24) is 0 Å². The Hall–Kier alpha value is -1.20. The van der Waals surface area contributed by atoms with Gasteiger partial charge in [-0.25, -0.2) is 13.6 Å². The van der Waals surface area contributed by atoms with E-state index in [0.717, 1.165) is 5.71 Å². The van der Waals surface area contributed by atoms with Gasteiger partial charge in [0, 0.05) is 6.42 Å². The molecule has 0 aromatic carbocycles. The average Bonchev–Trinajstić information content (AvgIpc) is 2.58. The first-order valence-electron chi connectivity index (χ1n) is 4.67. The van der Waals surface area contributed by atoms with E-state index in [-0.39, 0.29) is 0 Å². The molecule has 0 amide bonds. The summed E-state index contributed by atoms with van der Waals surface area (Å²) in [6, 6.07) is 0. The molecular weight excluding hydrogens is 208 g/mol. The Morgan fingerprint density at radius 1 is 1.73 bits per heavy atom. The third-order valence-corrected chi connectivity index (χ3v) is 2.10. The van der Waals surface area contributed by atoms with Crippen LogP contribution in [-0.2, 0) is 14.4 Å². The maximum Gasteiger partial charge on any atom is 0.353 e. The first kappa shape index (κ1) is 11.9. The summed E-state index contributed by atoms with van der Waals surface area (Å²) in [5, 5.41) is 3.68. The van der Waals surface area contributed by atoms with Gasteiger partial charge >= 0.3 is 5.97 Å². The summed E-state index contributed by atoms with van der Waals surface area (Å²) in [6.07, 6.45) is -1.70. The number of halogens is 2. The Morgan fingerprint density at radius 3 is 2.87 bits per heavy atom. The van der Waals surface area contributed by atoms with Gasteiger partial charge in [-0.1, -0.05) is 12.1 Å². The quantitative estimate of drug-likeness (QED) is 0.679. The summed E-state index contributed by atoms with van der Waals surface area (Å²) < 4.78 is 28.0. The maximum absolute atomic E-state index is 11.8. The second-order valence-electron chi connectivity index (χ2n) is 3.50. The van der Waals surface area contributed by atoms with E-state index in [2.05, 4.69) is 9.89 Å². The highest BCUT2D eigenvalue weighted by atomic mass is 19.3. The van der Waals surface area contributed by atoms with Crippen molar-refractivity contribution < 1.29 is 23.1 Å². The van der Waals surface area contributed by atoms with Gasteiger partial charge in [-0.05, 0) is 13.3 Å². The normalized spacial score (nSPS) is 25.0. The number of hydrogen-bond acceptors (Lipinski definition) is 4. The van der Waals surface area contributed by atoms with Crippen molar-refractivity contribution in [2.45, 2.75) is 38.7 Å². The van der Waals surface area contributed by atoms with Crippen molar-refractivity contribution >= 4 is 11.7 Å². The zero-order valence-electron chi connectivity index (χ0n) is 8.63. The first-order valence-corrected chi connectivity index (χ1v) is 4.67. The van der Waals surface area contributed by atoms with Crippen molar-refractivity contribution in [3.8, 4) is 0 Å². The molecule has 0 aromatic heterocycles. The molecular formula is C9H13F2NO3. The van der Waals surface area contributed by atoms with Crippen LogP contribution in [0.3, 0.4) is 0 Å². The predicted molar refractivity (Wildman–Crippen MR) is 48.8 cm³/mol. The lowest BCUT2D eigenvalue weighted by Gasteiger charge is -2.18.